The highest BCUT2D eigenvalue weighted by molar-refractivity contribution is 7.13. The van der Waals surface area contributed by atoms with Crippen molar-refractivity contribution in [1.82, 2.24) is 15.6 Å². The van der Waals surface area contributed by atoms with Crippen LogP contribution in [-0.2, 0) is 6.54 Å². The first-order chi connectivity index (χ1) is 10.4. The van der Waals surface area contributed by atoms with E-state index in [0.717, 1.165) is 0 Å². The topological polar surface area (TPSA) is 132 Å². The largest absolute Gasteiger partial charge is 0.458 e. The highest BCUT2D eigenvalue weighted by Gasteiger charge is 2.10. The molecule has 0 fully saturated rings. The number of hydrogen-bond acceptors (Lipinski definition) is 5. The van der Waals surface area contributed by atoms with Crippen LogP contribution in [-0.4, -0.2) is 23.0 Å². The van der Waals surface area contributed by atoms with Gasteiger partial charge in [0.1, 0.15) is 11.5 Å². The Hall–Kier alpha value is -2.55. The van der Waals surface area contributed by atoms with Crippen LogP contribution in [0.1, 0.15) is 19.6 Å². The summed E-state index contributed by atoms with van der Waals surface area (Å²) >= 11 is 1.31. The van der Waals surface area contributed by atoms with E-state index < -0.39 is 0 Å². The standard InChI is InChI=1S/C13H18N6O2S/c1-7(2)17-12(20)16-5-8-3-4-10(21-8)9-6-22-13(18-9)19-11(14)15/h3-4,6-7H,5H2,1-2H3,(H2,16,17,20)(H4,14,15,18,19). The van der Waals surface area contributed by atoms with Gasteiger partial charge in [0.05, 0.1) is 6.54 Å². The number of nitrogens with zero attached hydrogens (tertiary/aromatic N) is 2. The van der Waals surface area contributed by atoms with Crippen molar-refractivity contribution < 1.29 is 9.21 Å². The van der Waals surface area contributed by atoms with Gasteiger partial charge in [-0.2, -0.15) is 4.99 Å². The number of urea groups is 1. The molecule has 0 unspecified atom stereocenters. The Morgan fingerprint density at radius 1 is 1.45 bits per heavy atom. The molecule has 0 radical (unpaired) electrons. The van der Waals surface area contributed by atoms with Crippen molar-refractivity contribution in [2.45, 2.75) is 26.4 Å². The van der Waals surface area contributed by atoms with Crippen LogP contribution in [0.5, 0.6) is 0 Å². The van der Waals surface area contributed by atoms with E-state index in [1.165, 1.54) is 11.3 Å². The van der Waals surface area contributed by atoms with Gasteiger partial charge in [-0.05, 0) is 26.0 Å². The summed E-state index contributed by atoms with van der Waals surface area (Å²) in [5, 5.41) is 7.70. The first kappa shape index (κ1) is 15.8. The summed E-state index contributed by atoms with van der Waals surface area (Å²) in [6.07, 6.45) is 0. The molecule has 2 aromatic heterocycles. The van der Waals surface area contributed by atoms with Gasteiger partial charge in [0.2, 0.25) is 5.13 Å². The van der Waals surface area contributed by atoms with Crippen LogP contribution in [0.4, 0.5) is 9.93 Å². The molecule has 22 heavy (non-hydrogen) atoms. The van der Waals surface area contributed by atoms with E-state index in [1.54, 1.807) is 17.5 Å². The summed E-state index contributed by atoms with van der Waals surface area (Å²) in [6.45, 7) is 4.07. The van der Waals surface area contributed by atoms with Crippen LogP contribution in [0, 0.1) is 0 Å². The third-order valence-electron chi connectivity index (χ3n) is 2.47. The SMILES string of the molecule is CC(C)NC(=O)NCc1ccc(-c2csc(N=C(N)N)n2)o1. The first-order valence-corrected chi connectivity index (χ1v) is 7.50. The second kappa shape index (κ2) is 6.94. The van der Waals surface area contributed by atoms with Crippen LogP contribution >= 0.6 is 11.3 Å². The monoisotopic (exact) mass is 322 g/mol. The summed E-state index contributed by atoms with van der Waals surface area (Å²) in [5.41, 5.74) is 11.2. The molecule has 0 spiro atoms. The Labute approximate surface area is 131 Å². The lowest BCUT2D eigenvalue weighted by Crippen LogP contribution is -2.38. The van der Waals surface area contributed by atoms with Gasteiger partial charge >= 0.3 is 6.03 Å². The Kier molecular flexibility index (Phi) is 4.99. The van der Waals surface area contributed by atoms with Crippen molar-refractivity contribution in [2.75, 3.05) is 0 Å². The van der Waals surface area contributed by atoms with E-state index in [9.17, 15) is 4.79 Å². The summed E-state index contributed by atoms with van der Waals surface area (Å²) in [7, 11) is 0. The second-order valence-corrected chi connectivity index (χ2v) is 5.64. The van der Waals surface area contributed by atoms with Crippen LogP contribution in [0.25, 0.3) is 11.5 Å². The zero-order chi connectivity index (χ0) is 16.1. The number of amides is 2. The van der Waals surface area contributed by atoms with E-state index >= 15 is 0 Å². The van der Waals surface area contributed by atoms with E-state index in [0.29, 0.717) is 28.9 Å². The molecule has 2 heterocycles. The van der Waals surface area contributed by atoms with Gasteiger partial charge in [-0.15, -0.1) is 11.3 Å². The van der Waals surface area contributed by atoms with E-state index in [-0.39, 0.29) is 18.0 Å². The maximum Gasteiger partial charge on any atom is 0.315 e. The molecule has 0 bridgehead atoms. The minimum Gasteiger partial charge on any atom is -0.458 e. The molecule has 0 atom stereocenters. The molecule has 2 rings (SSSR count). The number of furan rings is 1. The maximum atomic E-state index is 11.5. The normalized spacial score (nSPS) is 10.5. The van der Waals surface area contributed by atoms with Crippen LogP contribution in [0.3, 0.4) is 0 Å². The van der Waals surface area contributed by atoms with Gasteiger partial charge < -0.3 is 26.5 Å². The number of aliphatic imine (C=N–C) groups is 1. The number of carbonyl (C=O) groups excluding carboxylic acids is 1. The number of thiazole rings is 1. The summed E-state index contributed by atoms with van der Waals surface area (Å²) in [5.74, 6) is 1.18. The fourth-order valence-electron chi connectivity index (χ4n) is 1.63. The number of nitrogens with two attached hydrogens (primary N) is 2. The summed E-state index contributed by atoms with van der Waals surface area (Å²) < 4.78 is 5.63. The molecule has 0 saturated carbocycles. The number of carbonyl (C=O) groups is 1. The molecule has 8 nitrogen and oxygen atoms in total. The molecule has 0 aliphatic carbocycles. The lowest BCUT2D eigenvalue weighted by atomic mass is 10.3. The van der Waals surface area contributed by atoms with E-state index in [2.05, 4.69) is 20.6 Å². The van der Waals surface area contributed by atoms with Crippen LogP contribution < -0.4 is 22.1 Å². The third kappa shape index (κ3) is 4.48. The lowest BCUT2D eigenvalue weighted by molar-refractivity contribution is 0.237. The average molecular weight is 322 g/mol. The van der Waals surface area contributed by atoms with Crippen molar-refractivity contribution in [2.24, 2.45) is 16.5 Å². The summed E-state index contributed by atoms with van der Waals surface area (Å²) in [4.78, 5) is 19.6. The van der Waals surface area contributed by atoms with Crippen molar-refractivity contribution in [3.05, 3.63) is 23.3 Å². The van der Waals surface area contributed by atoms with Gasteiger partial charge in [-0.1, -0.05) is 0 Å². The minimum absolute atomic E-state index is 0.0404. The van der Waals surface area contributed by atoms with Gasteiger partial charge in [0.25, 0.3) is 0 Å². The van der Waals surface area contributed by atoms with Crippen LogP contribution in [0.2, 0.25) is 0 Å². The Morgan fingerprint density at radius 2 is 2.23 bits per heavy atom. The average Bonchev–Trinajstić information content (AvgIpc) is 3.03. The van der Waals surface area contributed by atoms with Gasteiger partial charge in [-0.25, -0.2) is 9.78 Å². The zero-order valence-electron chi connectivity index (χ0n) is 12.3. The molecule has 0 aliphatic rings. The molecule has 2 aromatic rings. The highest BCUT2D eigenvalue weighted by atomic mass is 32.1. The van der Waals surface area contributed by atoms with Crippen molar-refractivity contribution in [1.29, 1.82) is 0 Å². The third-order valence-corrected chi connectivity index (χ3v) is 3.21. The van der Waals surface area contributed by atoms with Crippen LogP contribution in [0.15, 0.2) is 26.9 Å². The van der Waals surface area contributed by atoms with Gasteiger partial charge in [0.15, 0.2) is 11.7 Å². The van der Waals surface area contributed by atoms with Crippen molar-refractivity contribution in [3.63, 3.8) is 0 Å². The van der Waals surface area contributed by atoms with Gasteiger partial charge in [0, 0.05) is 11.4 Å². The zero-order valence-corrected chi connectivity index (χ0v) is 13.1. The molecular weight excluding hydrogens is 304 g/mol. The fraction of sp³-hybridized carbons (Fsp3) is 0.308. The fourth-order valence-corrected chi connectivity index (χ4v) is 2.33. The minimum atomic E-state index is -0.239. The molecule has 118 valence electrons. The maximum absolute atomic E-state index is 11.5. The first-order valence-electron chi connectivity index (χ1n) is 6.62. The smallest absolute Gasteiger partial charge is 0.315 e. The summed E-state index contributed by atoms with van der Waals surface area (Å²) in [6, 6.07) is 3.41. The number of aromatic nitrogens is 1. The van der Waals surface area contributed by atoms with Crippen molar-refractivity contribution in [3.8, 4) is 11.5 Å². The number of guanidine groups is 1. The Morgan fingerprint density at radius 3 is 2.91 bits per heavy atom. The molecule has 9 heteroatoms. The Bertz CT molecular complexity index is 672. The lowest BCUT2D eigenvalue weighted by Gasteiger charge is -2.08. The second-order valence-electron chi connectivity index (χ2n) is 4.80. The number of rotatable bonds is 5. The molecule has 0 aliphatic heterocycles. The predicted octanol–water partition coefficient (Wildman–Crippen LogP) is 1.52. The molecular formula is C13H18N6O2S. The molecule has 6 N–H and O–H groups in total. The van der Waals surface area contributed by atoms with Gasteiger partial charge in [-0.3, -0.25) is 0 Å². The van der Waals surface area contributed by atoms with Crippen molar-refractivity contribution >= 4 is 28.5 Å². The quantitative estimate of drug-likeness (QED) is 0.489. The molecule has 2 amide bonds. The number of hydrogen-bond donors (Lipinski definition) is 4. The number of nitrogens with one attached hydrogen (secondary N) is 2. The van der Waals surface area contributed by atoms with E-state index in [4.69, 9.17) is 15.9 Å². The Balaban J connectivity index is 1.98. The predicted molar refractivity (Wildman–Crippen MR) is 85.8 cm³/mol. The van der Waals surface area contributed by atoms with E-state index in [1.807, 2.05) is 13.8 Å². The highest BCUT2D eigenvalue weighted by Crippen LogP contribution is 2.27. The molecule has 0 saturated heterocycles. The molecule has 0 aromatic carbocycles.